The molecule has 1 heterocycles. The van der Waals surface area contributed by atoms with Gasteiger partial charge in [0.15, 0.2) is 0 Å². The minimum Gasteiger partial charge on any atom is -0.267 e. The quantitative estimate of drug-likeness (QED) is 0.547. The highest BCUT2D eigenvalue weighted by Gasteiger charge is 2.22. The molecule has 1 aromatic heterocycles. The van der Waals surface area contributed by atoms with Crippen molar-refractivity contribution >= 4 is 44.8 Å². The van der Waals surface area contributed by atoms with Crippen molar-refractivity contribution in [2.75, 3.05) is 14.1 Å². The molecule has 2 amide bonds. The molecule has 0 radical (unpaired) electrons. The van der Waals surface area contributed by atoms with Gasteiger partial charge < -0.3 is 0 Å². The van der Waals surface area contributed by atoms with Crippen LogP contribution in [0.3, 0.4) is 0 Å². The Hall–Kier alpha value is -1.94. The van der Waals surface area contributed by atoms with Crippen molar-refractivity contribution in [1.82, 2.24) is 15.2 Å². The fraction of sp³-hybridized carbons (Fsp3) is 0.368. The van der Waals surface area contributed by atoms with Gasteiger partial charge in [0.25, 0.3) is 11.8 Å². The number of hydrazine groups is 1. The fourth-order valence-corrected chi connectivity index (χ4v) is 5.35. The third-order valence-corrected chi connectivity index (χ3v) is 8.10. The second-order valence-corrected chi connectivity index (χ2v) is 10.7. The Labute approximate surface area is 179 Å². The average Bonchev–Trinajstić information content (AvgIpc) is 2.96. The molecule has 0 aliphatic heterocycles. The molecule has 0 atom stereocenters. The molecule has 10 heteroatoms. The molecule has 0 fully saturated rings. The molecular weight excluding hydrogens is 434 g/mol. The highest BCUT2D eigenvalue weighted by Crippen LogP contribution is 2.29. The van der Waals surface area contributed by atoms with Crippen LogP contribution in [0.4, 0.5) is 0 Å². The molecule has 1 aliphatic rings. The summed E-state index contributed by atoms with van der Waals surface area (Å²) in [6.07, 6.45) is 5.38. The van der Waals surface area contributed by atoms with Crippen LogP contribution in [0.5, 0.6) is 0 Å². The van der Waals surface area contributed by atoms with Crippen LogP contribution < -0.4 is 10.9 Å². The number of amides is 2. The maximum atomic E-state index is 12.5. The van der Waals surface area contributed by atoms with Crippen molar-refractivity contribution in [2.24, 2.45) is 0 Å². The van der Waals surface area contributed by atoms with Gasteiger partial charge in [-0.25, -0.2) is 12.7 Å². The second-order valence-electron chi connectivity index (χ2n) is 6.96. The van der Waals surface area contributed by atoms with Gasteiger partial charge in [-0.1, -0.05) is 18.0 Å². The average molecular weight is 456 g/mol. The first-order chi connectivity index (χ1) is 13.7. The number of rotatable bonds is 4. The lowest BCUT2D eigenvalue weighted by molar-refractivity contribution is 0.0849. The molecule has 0 unspecified atom stereocenters. The maximum Gasteiger partial charge on any atom is 0.279 e. The van der Waals surface area contributed by atoms with Gasteiger partial charge in [0.1, 0.15) is 0 Å². The Morgan fingerprint density at radius 3 is 2.45 bits per heavy atom. The highest BCUT2D eigenvalue weighted by molar-refractivity contribution is 7.89. The van der Waals surface area contributed by atoms with Crippen LogP contribution in [0.2, 0.25) is 5.02 Å². The molecule has 0 spiro atoms. The number of aryl methyl sites for hydroxylation is 2. The summed E-state index contributed by atoms with van der Waals surface area (Å²) in [6, 6.07) is 5.73. The first kappa shape index (κ1) is 21.8. The number of carbonyl (C=O) groups excluding carboxylic acids is 2. The van der Waals surface area contributed by atoms with Crippen molar-refractivity contribution in [3.63, 3.8) is 0 Å². The van der Waals surface area contributed by atoms with Gasteiger partial charge >= 0.3 is 0 Å². The lowest BCUT2D eigenvalue weighted by Crippen LogP contribution is -2.41. The zero-order valence-corrected chi connectivity index (χ0v) is 18.5. The Kier molecular flexibility index (Phi) is 6.62. The fourth-order valence-electron chi connectivity index (χ4n) is 3.07. The zero-order valence-electron chi connectivity index (χ0n) is 16.1. The standard InChI is InChI=1S/C19H22ClN3O4S2/c1-23(2)29(26,27)13-8-9-15(20)14(11-13)18(24)21-22-19(25)17-10-12-6-4-3-5-7-16(12)28-17/h8-11H,3-7H2,1-2H3,(H,21,24)(H,22,25). The Bertz CT molecular complexity index is 1020. The van der Waals surface area contributed by atoms with Gasteiger partial charge in [-0.15, -0.1) is 11.3 Å². The summed E-state index contributed by atoms with van der Waals surface area (Å²) >= 11 is 7.50. The van der Waals surface area contributed by atoms with Crippen LogP contribution in [0.25, 0.3) is 0 Å². The number of hydrogen-bond acceptors (Lipinski definition) is 5. The Balaban J connectivity index is 1.72. The monoisotopic (exact) mass is 455 g/mol. The number of fused-ring (bicyclic) bond motifs is 1. The SMILES string of the molecule is CN(C)S(=O)(=O)c1ccc(Cl)c(C(=O)NNC(=O)c2cc3c(s2)CCCCC3)c1. The summed E-state index contributed by atoms with van der Waals surface area (Å²) in [7, 11) is -0.929. The van der Waals surface area contributed by atoms with Crippen LogP contribution in [-0.2, 0) is 22.9 Å². The molecule has 0 saturated carbocycles. The summed E-state index contributed by atoms with van der Waals surface area (Å²) in [4.78, 5) is 26.6. The van der Waals surface area contributed by atoms with E-state index in [9.17, 15) is 18.0 Å². The number of benzene rings is 1. The minimum atomic E-state index is -3.72. The summed E-state index contributed by atoms with van der Waals surface area (Å²) < 4.78 is 25.6. The Morgan fingerprint density at radius 1 is 1.03 bits per heavy atom. The molecule has 156 valence electrons. The van der Waals surface area contributed by atoms with Crippen LogP contribution in [0, 0.1) is 0 Å². The molecule has 0 saturated heterocycles. The molecule has 3 rings (SSSR count). The van der Waals surface area contributed by atoms with Crippen LogP contribution in [0.15, 0.2) is 29.2 Å². The van der Waals surface area contributed by atoms with Crippen molar-refractivity contribution in [3.05, 3.63) is 50.2 Å². The van der Waals surface area contributed by atoms with E-state index in [1.165, 1.54) is 60.5 Å². The summed E-state index contributed by atoms with van der Waals surface area (Å²) in [5, 5.41) is 0.0808. The number of hydrogen-bond donors (Lipinski definition) is 2. The molecule has 2 N–H and O–H groups in total. The van der Waals surface area contributed by atoms with E-state index in [4.69, 9.17) is 11.6 Å². The molecule has 2 aromatic rings. The van der Waals surface area contributed by atoms with Crippen molar-refractivity contribution < 1.29 is 18.0 Å². The van der Waals surface area contributed by atoms with Crippen LogP contribution in [-0.4, -0.2) is 38.6 Å². The summed E-state index contributed by atoms with van der Waals surface area (Å²) in [6.45, 7) is 0. The first-order valence-corrected chi connectivity index (χ1v) is 11.8. The topological polar surface area (TPSA) is 95.6 Å². The van der Waals surface area contributed by atoms with Crippen molar-refractivity contribution in [2.45, 2.75) is 37.0 Å². The maximum absolute atomic E-state index is 12.5. The van der Waals surface area contributed by atoms with E-state index in [1.807, 2.05) is 6.07 Å². The van der Waals surface area contributed by atoms with E-state index in [0.29, 0.717) is 4.88 Å². The molecule has 29 heavy (non-hydrogen) atoms. The van der Waals surface area contributed by atoms with Crippen LogP contribution in [0.1, 0.15) is 49.7 Å². The Morgan fingerprint density at radius 2 is 1.72 bits per heavy atom. The van der Waals surface area contributed by atoms with E-state index in [2.05, 4.69) is 10.9 Å². The van der Waals surface area contributed by atoms with Gasteiger partial charge in [-0.2, -0.15) is 0 Å². The number of carbonyl (C=O) groups is 2. The van der Waals surface area contributed by atoms with E-state index >= 15 is 0 Å². The zero-order chi connectivity index (χ0) is 21.2. The lowest BCUT2D eigenvalue weighted by atomic mass is 10.1. The second kappa shape index (κ2) is 8.83. The number of sulfonamides is 1. The minimum absolute atomic E-state index is 0.0446. The third-order valence-electron chi connectivity index (χ3n) is 4.72. The number of nitrogens with one attached hydrogen (secondary N) is 2. The largest absolute Gasteiger partial charge is 0.279 e. The van der Waals surface area contributed by atoms with Crippen molar-refractivity contribution in [3.8, 4) is 0 Å². The predicted molar refractivity (Wildman–Crippen MR) is 113 cm³/mol. The number of thiophene rings is 1. The molecule has 7 nitrogen and oxygen atoms in total. The summed E-state index contributed by atoms with van der Waals surface area (Å²) in [5.41, 5.74) is 5.86. The van der Waals surface area contributed by atoms with E-state index < -0.39 is 21.8 Å². The van der Waals surface area contributed by atoms with Gasteiger partial charge in [-0.05, 0) is 55.5 Å². The molecule has 0 bridgehead atoms. The lowest BCUT2D eigenvalue weighted by Gasteiger charge is -2.13. The van der Waals surface area contributed by atoms with Crippen molar-refractivity contribution in [1.29, 1.82) is 0 Å². The first-order valence-electron chi connectivity index (χ1n) is 9.14. The van der Waals surface area contributed by atoms with E-state index in [1.54, 1.807) is 0 Å². The van der Waals surface area contributed by atoms with Crippen LogP contribution >= 0.6 is 22.9 Å². The third kappa shape index (κ3) is 4.80. The van der Waals surface area contributed by atoms with E-state index in [0.717, 1.165) is 30.0 Å². The normalized spacial score (nSPS) is 14.2. The predicted octanol–water partition coefficient (Wildman–Crippen LogP) is 3.00. The van der Waals surface area contributed by atoms with Gasteiger partial charge in [0.2, 0.25) is 10.0 Å². The molecular formula is C19H22ClN3O4S2. The number of nitrogens with zero attached hydrogens (tertiary/aromatic N) is 1. The van der Waals surface area contributed by atoms with Gasteiger partial charge in [0, 0.05) is 19.0 Å². The highest BCUT2D eigenvalue weighted by atomic mass is 35.5. The van der Waals surface area contributed by atoms with E-state index in [-0.39, 0.29) is 15.5 Å². The summed E-state index contributed by atoms with van der Waals surface area (Å²) in [5.74, 6) is -1.11. The number of halogens is 1. The molecule has 1 aromatic carbocycles. The van der Waals surface area contributed by atoms with Gasteiger partial charge in [0.05, 0.1) is 20.4 Å². The molecule has 1 aliphatic carbocycles. The van der Waals surface area contributed by atoms with Gasteiger partial charge in [-0.3, -0.25) is 20.4 Å². The smallest absolute Gasteiger partial charge is 0.267 e.